The van der Waals surface area contributed by atoms with E-state index >= 15 is 0 Å². The molecule has 0 aliphatic carbocycles. The first kappa shape index (κ1) is 14.3. The fourth-order valence-electron chi connectivity index (χ4n) is 2.40. The van der Waals surface area contributed by atoms with Gasteiger partial charge in [-0.3, -0.25) is 4.79 Å². The Balaban J connectivity index is 2.14. The van der Waals surface area contributed by atoms with Crippen LogP contribution in [-0.4, -0.2) is 40.1 Å². The van der Waals surface area contributed by atoms with E-state index in [2.05, 4.69) is 4.98 Å². The molecule has 1 amide bonds. The molecule has 1 N–H and O–H groups in total. The topological polar surface area (TPSA) is 53.4 Å². The number of aliphatic hydroxyl groups is 1. The maximum Gasteiger partial charge on any atom is 0.254 e. The van der Waals surface area contributed by atoms with Gasteiger partial charge in [-0.2, -0.15) is 0 Å². The van der Waals surface area contributed by atoms with Crippen molar-refractivity contribution in [2.75, 3.05) is 13.1 Å². The molecule has 2 heterocycles. The molecule has 1 fully saturated rings. The molecule has 5 heteroatoms. The first-order valence-corrected chi connectivity index (χ1v) is 7.03. The molecule has 1 aromatic heterocycles. The number of aromatic nitrogens is 1. The fourth-order valence-corrected chi connectivity index (χ4v) is 2.63. The van der Waals surface area contributed by atoms with Gasteiger partial charge < -0.3 is 10.0 Å². The Morgan fingerprint density at radius 1 is 1.63 bits per heavy atom. The highest BCUT2D eigenvalue weighted by atomic mass is 35.5. The van der Waals surface area contributed by atoms with Gasteiger partial charge in [0, 0.05) is 30.3 Å². The number of carbonyl (C=O) groups excluding carboxylic acids is 1. The van der Waals surface area contributed by atoms with Crippen LogP contribution in [0.2, 0.25) is 5.15 Å². The van der Waals surface area contributed by atoms with Crippen LogP contribution >= 0.6 is 11.6 Å². The average Bonchev–Trinajstić information content (AvgIpc) is 2.86. The molecular formula is C14H19ClN2O2. The zero-order chi connectivity index (χ0) is 14.0. The Kier molecular flexibility index (Phi) is 4.42. The summed E-state index contributed by atoms with van der Waals surface area (Å²) >= 11 is 5.94. The van der Waals surface area contributed by atoms with Gasteiger partial charge in [0.2, 0.25) is 0 Å². The largest absolute Gasteiger partial charge is 0.393 e. The zero-order valence-electron chi connectivity index (χ0n) is 11.3. The van der Waals surface area contributed by atoms with Gasteiger partial charge in [-0.25, -0.2) is 4.98 Å². The second kappa shape index (κ2) is 5.88. The third-order valence-electron chi connectivity index (χ3n) is 3.65. The maximum absolute atomic E-state index is 12.4. The molecule has 0 spiro atoms. The molecule has 1 saturated heterocycles. The third kappa shape index (κ3) is 3.25. The molecule has 0 saturated carbocycles. The van der Waals surface area contributed by atoms with E-state index in [1.165, 1.54) is 0 Å². The summed E-state index contributed by atoms with van der Waals surface area (Å²) in [6.45, 7) is 5.05. The Hall–Kier alpha value is -1.13. The molecule has 2 atom stereocenters. The van der Waals surface area contributed by atoms with E-state index in [0.29, 0.717) is 23.8 Å². The van der Waals surface area contributed by atoms with E-state index in [-0.39, 0.29) is 17.9 Å². The minimum absolute atomic E-state index is 0.0258. The molecule has 1 aliphatic heterocycles. The van der Waals surface area contributed by atoms with Crippen molar-refractivity contribution in [3.8, 4) is 0 Å². The van der Waals surface area contributed by atoms with Crippen molar-refractivity contribution in [2.24, 2.45) is 5.92 Å². The summed E-state index contributed by atoms with van der Waals surface area (Å²) < 4.78 is 0. The predicted molar refractivity (Wildman–Crippen MR) is 74.3 cm³/mol. The minimum atomic E-state index is -0.370. The lowest BCUT2D eigenvalue weighted by molar-refractivity contribution is 0.0762. The van der Waals surface area contributed by atoms with Gasteiger partial charge in [0.15, 0.2) is 0 Å². The molecule has 2 unspecified atom stereocenters. The van der Waals surface area contributed by atoms with Crippen LogP contribution in [0.1, 0.15) is 36.3 Å². The molecule has 1 aliphatic rings. The predicted octanol–water partition coefficient (Wildman–Crippen LogP) is 2.14. The number of aryl methyl sites for hydroxylation is 1. The first-order chi connectivity index (χ1) is 9.01. The van der Waals surface area contributed by atoms with E-state index in [1.807, 2.05) is 6.92 Å². The van der Waals surface area contributed by atoms with Crippen LogP contribution < -0.4 is 0 Å². The highest BCUT2D eigenvalue weighted by Gasteiger charge is 2.29. The maximum atomic E-state index is 12.4. The smallest absolute Gasteiger partial charge is 0.254 e. The Morgan fingerprint density at radius 2 is 2.37 bits per heavy atom. The van der Waals surface area contributed by atoms with Crippen molar-refractivity contribution in [3.05, 3.63) is 28.5 Å². The minimum Gasteiger partial charge on any atom is -0.393 e. The van der Waals surface area contributed by atoms with Crippen molar-refractivity contribution in [1.82, 2.24) is 9.88 Å². The molecule has 0 radical (unpaired) electrons. The van der Waals surface area contributed by atoms with E-state index in [9.17, 15) is 9.90 Å². The lowest BCUT2D eigenvalue weighted by atomic mass is 10.0. The number of carbonyl (C=O) groups is 1. The van der Waals surface area contributed by atoms with Crippen LogP contribution in [0.3, 0.4) is 0 Å². The zero-order valence-corrected chi connectivity index (χ0v) is 12.0. The van der Waals surface area contributed by atoms with Crippen molar-refractivity contribution in [2.45, 2.75) is 32.8 Å². The van der Waals surface area contributed by atoms with Crippen LogP contribution in [0.5, 0.6) is 0 Å². The standard InChI is InChI=1S/C14H19ClN2O2/c1-3-12-6-11(7-13(15)16-12)14(19)17-5-4-10(8-17)9(2)18/h6-7,9-10,18H,3-5,8H2,1-2H3. The summed E-state index contributed by atoms with van der Waals surface area (Å²) in [5.74, 6) is 0.147. The number of hydrogen-bond donors (Lipinski definition) is 1. The monoisotopic (exact) mass is 282 g/mol. The number of amides is 1. The lowest BCUT2D eigenvalue weighted by Gasteiger charge is -2.18. The molecule has 1 aromatic rings. The van der Waals surface area contributed by atoms with Crippen LogP contribution in [0, 0.1) is 5.92 Å². The molecule has 0 bridgehead atoms. The van der Waals surface area contributed by atoms with Gasteiger partial charge in [0.25, 0.3) is 5.91 Å². The van der Waals surface area contributed by atoms with Gasteiger partial charge in [-0.05, 0) is 31.9 Å². The second-order valence-electron chi connectivity index (χ2n) is 5.06. The molecule has 4 nitrogen and oxygen atoms in total. The van der Waals surface area contributed by atoms with Gasteiger partial charge in [-0.1, -0.05) is 18.5 Å². The summed E-state index contributed by atoms with van der Waals surface area (Å²) in [4.78, 5) is 18.3. The van der Waals surface area contributed by atoms with Crippen molar-refractivity contribution < 1.29 is 9.90 Å². The summed E-state index contributed by atoms with van der Waals surface area (Å²) in [5, 5.41) is 9.94. The van der Waals surface area contributed by atoms with Crippen LogP contribution in [0.4, 0.5) is 0 Å². The molecule has 0 aromatic carbocycles. The number of likely N-dealkylation sites (tertiary alicyclic amines) is 1. The highest BCUT2D eigenvalue weighted by Crippen LogP contribution is 2.22. The van der Waals surface area contributed by atoms with Crippen molar-refractivity contribution in [1.29, 1.82) is 0 Å². The van der Waals surface area contributed by atoms with E-state index in [4.69, 9.17) is 11.6 Å². The number of nitrogens with zero attached hydrogens (tertiary/aromatic N) is 2. The normalized spacial score (nSPS) is 20.6. The van der Waals surface area contributed by atoms with Crippen molar-refractivity contribution >= 4 is 17.5 Å². The van der Waals surface area contributed by atoms with Crippen LogP contribution in [0.25, 0.3) is 0 Å². The SMILES string of the molecule is CCc1cc(C(=O)N2CCC(C(C)O)C2)cc(Cl)n1. The van der Waals surface area contributed by atoms with Gasteiger partial charge >= 0.3 is 0 Å². The van der Waals surface area contributed by atoms with Crippen LogP contribution in [0.15, 0.2) is 12.1 Å². The lowest BCUT2D eigenvalue weighted by Crippen LogP contribution is -2.30. The number of halogens is 1. The first-order valence-electron chi connectivity index (χ1n) is 6.65. The van der Waals surface area contributed by atoms with Crippen LogP contribution in [-0.2, 0) is 6.42 Å². The Morgan fingerprint density at radius 3 is 2.95 bits per heavy atom. The molecule has 104 valence electrons. The fraction of sp³-hybridized carbons (Fsp3) is 0.571. The van der Waals surface area contributed by atoms with E-state index in [0.717, 1.165) is 18.5 Å². The Bertz CT molecular complexity index is 477. The number of rotatable bonds is 3. The summed E-state index contributed by atoms with van der Waals surface area (Å²) in [5.41, 5.74) is 1.41. The number of pyridine rings is 1. The molecule has 19 heavy (non-hydrogen) atoms. The highest BCUT2D eigenvalue weighted by molar-refractivity contribution is 6.29. The van der Waals surface area contributed by atoms with E-state index < -0.39 is 0 Å². The average molecular weight is 283 g/mol. The third-order valence-corrected chi connectivity index (χ3v) is 3.84. The van der Waals surface area contributed by atoms with Gasteiger partial charge in [-0.15, -0.1) is 0 Å². The number of hydrogen-bond acceptors (Lipinski definition) is 3. The molecular weight excluding hydrogens is 264 g/mol. The summed E-state index contributed by atoms with van der Waals surface area (Å²) in [6.07, 6.45) is 1.23. The van der Waals surface area contributed by atoms with Crippen molar-refractivity contribution in [3.63, 3.8) is 0 Å². The summed E-state index contributed by atoms with van der Waals surface area (Å²) in [6, 6.07) is 3.41. The second-order valence-corrected chi connectivity index (χ2v) is 5.45. The molecule has 2 rings (SSSR count). The summed E-state index contributed by atoms with van der Waals surface area (Å²) in [7, 11) is 0. The van der Waals surface area contributed by atoms with Gasteiger partial charge in [0.1, 0.15) is 5.15 Å². The van der Waals surface area contributed by atoms with E-state index in [1.54, 1.807) is 24.0 Å². The van der Waals surface area contributed by atoms with Gasteiger partial charge in [0.05, 0.1) is 6.10 Å². The quantitative estimate of drug-likeness (QED) is 0.864. The Labute approximate surface area is 118 Å². The number of aliphatic hydroxyl groups excluding tert-OH is 1.